The molecule has 27 heavy (non-hydrogen) atoms. The van der Waals surface area contributed by atoms with Crippen LogP contribution in [0.15, 0.2) is 48.7 Å². The minimum absolute atomic E-state index is 0. The van der Waals surface area contributed by atoms with Crippen LogP contribution in [0.4, 0.5) is 29.2 Å². The molecule has 0 saturated carbocycles. The lowest BCUT2D eigenvalue weighted by Crippen LogP contribution is -2.14. The number of nitrogens with one attached hydrogen (secondary N) is 2. The number of amides is 1. The van der Waals surface area contributed by atoms with E-state index in [4.69, 9.17) is 5.73 Å². The molecule has 10 heteroatoms. The number of carbonyl (C=O) groups is 1. The molecule has 0 aliphatic heterocycles. The molecular weight excluding hydrogens is 388 g/mol. The van der Waals surface area contributed by atoms with Gasteiger partial charge in [0.15, 0.2) is 5.95 Å². The van der Waals surface area contributed by atoms with Crippen molar-refractivity contribution in [2.45, 2.75) is 6.18 Å². The minimum atomic E-state index is -4.81. The summed E-state index contributed by atoms with van der Waals surface area (Å²) in [6.45, 7) is 0. The van der Waals surface area contributed by atoms with Crippen molar-refractivity contribution >= 4 is 29.9 Å². The number of aromatic amines is 1. The van der Waals surface area contributed by atoms with E-state index >= 15 is 0 Å². The molecule has 1 heterocycles. The molecule has 142 valence electrons. The lowest BCUT2D eigenvalue weighted by atomic mass is 10.1. The number of hydrogen-bond acceptors (Lipinski definition) is 3. The van der Waals surface area contributed by atoms with Gasteiger partial charge in [0.25, 0.3) is 5.91 Å². The van der Waals surface area contributed by atoms with Crippen LogP contribution >= 0.6 is 12.4 Å². The monoisotopic (exact) mass is 400 g/mol. The Labute approximate surface area is 157 Å². The molecule has 3 aromatic rings. The van der Waals surface area contributed by atoms with E-state index in [1.165, 1.54) is 0 Å². The third-order valence-corrected chi connectivity index (χ3v) is 3.59. The fraction of sp³-hybridized carbons (Fsp3) is 0.0588. The van der Waals surface area contributed by atoms with Gasteiger partial charge in [-0.15, -0.1) is 12.4 Å². The summed E-state index contributed by atoms with van der Waals surface area (Å²) in [5.74, 6) is -1.96. The largest absolute Gasteiger partial charge is 0.419 e. The van der Waals surface area contributed by atoms with Gasteiger partial charge in [-0.05, 0) is 35.9 Å². The lowest BCUT2D eigenvalue weighted by molar-refractivity contribution is -0.140. The van der Waals surface area contributed by atoms with Crippen molar-refractivity contribution in [3.05, 3.63) is 65.6 Å². The summed E-state index contributed by atoms with van der Waals surface area (Å²) in [6, 6.07) is 8.57. The highest BCUT2D eigenvalue weighted by atomic mass is 35.5. The van der Waals surface area contributed by atoms with Gasteiger partial charge in [0.1, 0.15) is 5.82 Å². The number of alkyl halides is 3. The van der Waals surface area contributed by atoms with Crippen LogP contribution in [0.3, 0.4) is 0 Å². The molecule has 0 unspecified atom stereocenters. The summed E-state index contributed by atoms with van der Waals surface area (Å²) in [4.78, 5) is 18.8. The lowest BCUT2D eigenvalue weighted by Gasteiger charge is -2.10. The maximum Gasteiger partial charge on any atom is 0.419 e. The van der Waals surface area contributed by atoms with Gasteiger partial charge in [-0.25, -0.2) is 9.37 Å². The van der Waals surface area contributed by atoms with Crippen molar-refractivity contribution in [3.63, 3.8) is 0 Å². The summed E-state index contributed by atoms with van der Waals surface area (Å²) in [5, 5.41) is 2.49. The molecule has 2 aromatic carbocycles. The fourth-order valence-electron chi connectivity index (χ4n) is 2.31. The molecule has 0 aliphatic rings. The topological polar surface area (TPSA) is 83.8 Å². The second kappa shape index (κ2) is 7.67. The van der Waals surface area contributed by atoms with Crippen molar-refractivity contribution in [2.75, 3.05) is 11.1 Å². The van der Waals surface area contributed by atoms with Crippen molar-refractivity contribution in [1.82, 2.24) is 9.97 Å². The number of hydrogen-bond donors (Lipinski definition) is 3. The zero-order chi connectivity index (χ0) is 18.9. The van der Waals surface area contributed by atoms with E-state index in [1.807, 2.05) is 0 Å². The first-order valence-corrected chi connectivity index (χ1v) is 7.33. The number of carbonyl (C=O) groups excluding carboxylic acids is 1. The number of aromatic nitrogens is 2. The Bertz CT molecular complexity index is 954. The Balaban J connectivity index is 0.00000261. The molecule has 1 amide bonds. The normalized spacial score (nSPS) is 11.0. The SMILES string of the molecule is Cl.Nc1ncc(-c2ccc(NC(=O)c3ccc(C(F)(F)F)c(F)c3)cc2)[nH]1. The summed E-state index contributed by atoms with van der Waals surface area (Å²) >= 11 is 0. The zero-order valence-electron chi connectivity index (χ0n) is 13.5. The number of anilines is 2. The van der Waals surface area contributed by atoms with Crippen LogP contribution in [0.2, 0.25) is 0 Å². The third kappa shape index (κ3) is 4.56. The molecule has 0 spiro atoms. The first-order chi connectivity index (χ1) is 12.2. The van der Waals surface area contributed by atoms with Gasteiger partial charge in [-0.3, -0.25) is 4.79 Å². The van der Waals surface area contributed by atoms with Gasteiger partial charge >= 0.3 is 6.18 Å². The zero-order valence-corrected chi connectivity index (χ0v) is 14.3. The van der Waals surface area contributed by atoms with Gasteiger partial charge in [0.2, 0.25) is 0 Å². The quantitative estimate of drug-likeness (QED) is 0.566. The highest BCUT2D eigenvalue weighted by Crippen LogP contribution is 2.31. The van der Waals surface area contributed by atoms with Crippen molar-refractivity contribution in [3.8, 4) is 11.3 Å². The van der Waals surface area contributed by atoms with Crippen molar-refractivity contribution in [2.24, 2.45) is 0 Å². The number of benzene rings is 2. The average Bonchev–Trinajstić information content (AvgIpc) is 3.00. The van der Waals surface area contributed by atoms with Gasteiger partial charge in [-0.2, -0.15) is 13.2 Å². The van der Waals surface area contributed by atoms with E-state index in [0.29, 0.717) is 23.5 Å². The molecule has 0 bridgehead atoms. The molecule has 0 fully saturated rings. The number of nitrogen functional groups attached to an aromatic ring is 1. The molecule has 5 nitrogen and oxygen atoms in total. The van der Waals surface area contributed by atoms with Crippen LogP contribution in [-0.4, -0.2) is 15.9 Å². The standard InChI is InChI=1S/C17H12F4N4O.ClH/c18-13-7-10(3-6-12(13)17(19,20)21)15(26)24-11-4-1-9(2-5-11)14-8-23-16(22)25-14;/h1-8H,(H,24,26)(H3,22,23,25);1H. The third-order valence-electron chi connectivity index (χ3n) is 3.59. The molecular formula is C17H13ClF4N4O. The van der Waals surface area contributed by atoms with E-state index in [-0.39, 0.29) is 23.9 Å². The van der Waals surface area contributed by atoms with Gasteiger partial charge < -0.3 is 16.0 Å². The van der Waals surface area contributed by atoms with Crippen LogP contribution in [0.5, 0.6) is 0 Å². The number of rotatable bonds is 3. The Morgan fingerprint density at radius 2 is 1.78 bits per heavy atom. The van der Waals surface area contributed by atoms with Gasteiger partial charge in [-0.1, -0.05) is 12.1 Å². The summed E-state index contributed by atoms with van der Waals surface area (Å²) < 4.78 is 51.2. The van der Waals surface area contributed by atoms with E-state index in [0.717, 1.165) is 11.6 Å². The van der Waals surface area contributed by atoms with Crippen LogP contribution in [0.25, 0.3) is 11.3 Å². The Morgan fingerprint density at radius 1 is 1.11 bits per heavy atom. The number of nitrogens with two attached hydrogens (primary N) is 1. The first-order valence-electron chi connectivity index (χ1n) is 7.33. The number of nitrogens with zero attached hydrogens (tertiary/aromatic N) is 1. The van der Waals surface area contributed by atoms with Crippen LogP contribution in [0, 0.1) is 5.82 Å². The molecule has 3 rings (SSSR count). The predicted molar refractivity (Wildman–Crippen MR) is 95.0 cm³/mol. The smallest absolute Gasteiger partial charge is 0.369 e. The van der Waals surface area contributed by atoms with E-state index in [9.17, 15) is 22.4 Å². The first kappa shape index (κ1) is 20.2. The fourth-order valence-corrected chi connectivity index (χ4v) is 2.31. The van der Waals surface area contributed by atoms with Crippen molar-refractivity contribution < 1.29 is 22.4 Å². The van der Waals surface area contributed by atoms with E-state index in [1.54, 1.807) is 30.5 Å². The highest BCUT2D eigenvalue weighted by molar-refractivity contribution is 6.04. The summed E-state index contributed by atoms with van der Waals surface area (Å²) in [6.07, 6.45) is -3.26. The highest BCUT2D eigenvalue weighted by Gasteiger charge is 2.34. The minimum Gasteiger partial charge on any atom is -0.369 e. The number of H-pyrrole nitrogens is 1. The second-order valence-electron chi connectivity index (χ2n) is 5.41. The van der Waals surface area contributed by atoms with Crippen molar-refractivity contribution in [1.29, 1.82) is 0 Å². The summed E-state index contributed by atoms with van der Waals surface area (Å²) in [7, 11) is 0. The van der Waals surface area contributed by atoms with Crippen LogP contribution in [0.1, 0.15) is 15.9 Å². The Hall–Kier alpha value is -3.07. The summed E-state index contributed by atoms with van der Waals surface area (Å²) in [5.41, 5.74) is 5.71. The Morgan fingerprint density at radius 3 is 2.30 bits per heavy atom. The molecule has 0 radical (unpaired) electrons. The van der Waals surface area contributed by atoms with Gasteiger partial charge in [0, 0.05) is 11.3 Å². The average molecular weight is 401 g/mol. The molecule has 0 atom stereocenters. The number of imidazole rings is 1. The Kier molecular flexibility index (Phi) is 5.75. The number of halogens is 5. The van der Waals surface area contributed by atoms with E-state index < -0.39 is 23.5 Å². The molecule has 1 aromatic heterocycles. The maximum atomic E-state index is 13.6. The molecule has 0 saturated heterocycles. The van der Waals surface area contributed by atoms with Crippen LogP contribution in [-0.2, 0) is 6.18 Å². The predicted octanol–water partition coefficient (Wildman–Crippen LogP) is 4.49. The molecule has 0 aliphatic carbocycles. The van der Waals surface area contributed by atoms with Gasteiger partial charge in [0.05, 0.1) is 17.5 Å². The second-order valence-corrected chi connectivity index (χ2v) is 5.41. The van der Waals surface area contributed by atoms with Crippen LogP contribution < -0.4 is 11.1 Å². The maximum absolute atomic E-state index is 13.6. The van der Waals surface area contributed by atoms with E-state index in [2.05, 4.69) is 15.3 Å². The molecule has 4 N–H and O–H groups in total.